The van der Waals surface area contributed by atoms with Crippen LogP contribution in [0.1, 0.15) is 37.0 Å². The maximum absolute atomic E-state index is 13.1. The summed E-state index contributed by atoms with van der Waals surface area (Å²) in [6, 6.07) is 4.25. The van der Waals surface area contributed by atoms with Crippen molar-refractivity contribution in [2.75, 3.05) is 40.3 Å². The first kappa shape index (κ1) is 22.0. The second-order valence-corrected chi connectivity index (χ2v) is 7.20. The van der Waals surface area contributed by atoms with Crippen molar-refractivity contribution in [1.82, 2.24) is 14.7 Å². The van der Waals surface area contributed by atoms with Gasteiger partial charge in [0.25, 0.3) is 5.91 Å². The molecule has 8 heteroatoms. The number of benzene rings is 1. The van der Waals surface area contributed by atoms with E-state index in [0.29, 0.717) is 42.4 Å². The van der Waals surface area contributed by atoms with E-state index in [4.69, 9.17) is 16.3 Å². The molecule has 0 saturated carbocycles. The van der Waals surface area contributed by atoms with E-state index in [1.165, 1.54) is 12.0 Å². The third-order valence-electron chi connectivity index (χ3n) is 5.06. The van der Waals surface area contributed by atoms with Crippen LogP contribution in [0.2, 0.25) is 5.02 Å². The third kappa shape index (κ3) is 4.76. The molecule has 0 N–H and O–H groups in total. The standard InChI is InChI=1S/C20H28ClN3O4/c1-5-23(6-2)18(25)13-22(3)20(27)16-8-7-11-24(16)19(26)15-12-14(21)9-10-17(15)28-4/h9-10,12,16H,5-8,11,13H2,1-4H3/t16-/m0/s1. The number of likely N-dealkylation sites (N-methyl/N-ethyl adjacent to an activating group) is 2. The number of carbonyl (C=O) groups excluding carboxylic acids is 3. The molecule has 1 heterocycles. The Morgan fingerprint density at radius 1 is 1.25 bits per heavy atom. The third-order valence-corrected chi connectivity index (χ3v) is 5.29. The molecule has 0 bridgehead atoms. The van der Waals surface area contributed by atoms with Crippen molar-refractivity contribution in [3.05, 3.63) is 28.8 Å². The van der Waals surface area contributed by atoms with Gasteiger partial charge in [-0.05, 0) is 44.9 Å². The Hall–Kier alpha value is -2.28. The molecule has 28 heavy (non-hydrogen) atoms. The molecule has 1 aliphatic heterocycles. The van der Waals surface area contributed by atoms with Crippen LogP contribution in [0, 0.1) is 0 Å². The molecule has 7 nitrogen and oxygen atoms in total. The Kier molecular flexibility index (Phi) is 7.69. The molecule has 1 fully saturated rings. The van der Waals surface area contributed by atoms with Crippen LogP contribution in [0.4, 0.5) is 0 Å². The molecule has 0 aliphatic carbocycles. The minimum Gasteiger partial charge on any atom is -0.496 e. The van der Waals surface area contributed by atoms with Crippen LogP contribution in [-0.2, 0) is 9.59 Å². The van der Waals surface area contributed by atoms with Gasteiger partial charge in [-0.1, -0.05) is 11.6 Å². The number of halogens is 1. The summed E-state index contributed by atoms with van der Waals surface area (Å²) in [4.78, 5) is 43.0. The van der Waals surface area contributed by atoms with Crippen molar-refractivity contribution in [2.24, 2.45) is 0 Å². The van der Waals surface area contributed by atoms with Crippen molar-refractivity contribution in [3.8, 4) is 5.75 Å². The minimum absolute atomic E-state index is 0.000466. The SMILES string of the molecule is CCN(CC)C(=O)CN(C)C(=O)[C@@H]1CCCN1C(=O)c1cc(Cl)ccc1OC. The summed E-state index contributed by atoms with van der Waals surface area (Å²) < 4.78 is 5.28. The van der Waals surface area contributed by atoms with Gasteiger partial charge in [-0.2, -0.15) is 0 Å². The molecule has 0 aromatic heterocycles. The molecule has 0 radical (unpaired) electrons. The number of amides is 3. The number of ether oxygens (including phenoxy) is 1. The van der Waals surface area contributed by atoms with Gasteiger partial charge in [0.2, 0.25) is 11.8 Å². The van der Waals surface area contributed by atoms with Gasteiger partial charge in [-0.25, -0.2) is 0 Å². The van der Waals surface area contributed by atoms with Gasteiger partial charge >= 0.3 is 0 Å². The minimum atomic E-state index is -0.592. The second-order valence-electron chi connectivity index (χ2n) is 6.76. The molecule has 3 amide bonds. The summed E-state index contributed by atoms with van der Waals surface area (Å²) in [5, 5.41) is 0.424. The van der Waals surface area contributed by atoms with Crippen molar-refractivity contribution in [3.63, 3.8) is 0 Å². The number of carbonyl (C=O) groups is 3. The molecule has 154 valence electrons. The lowest BCUT2D eigenvalue weighted by Gasteiger charge is -2.29. The summed E-state index contributed by atoms with van der Waals surface area (Å²) in [6.07, 6.45) is 1.29. The number of nitrogens with zero attached hydrogens (tertiary/aromatic N) is 3. The predicted molar refractivity (Wildman–Crippen MR) is 108 cm³/mol. The van der Waals surface area contributed by atoms with Crippen LogP contribution in [0.3, 0.4) is 0 Å². The summed E-state index contributed by atoms with van der Waals surface area (Å²) >= 11 is 6.04. The molecule has 1 aliphatic rings. The maximum atomic E-state index is 13.1. The van der Waals surface area contributed by atoms with Crippen LogP contribution in [-0.4, -0.2) is 78.8 Å². The largest absolute Gasteiger partial charge is 0.496 e. The molecular formula is C20H28ClN3O4. The molecule has 1 aromatic rings. The maximum Gasteiger partial charge on any atom is 0.258 e. The number of hydrogen-bond donors (Lipinski definition) is 0. The normalized spacial score (nSPS) is 16.0. The Labute approximate surface area is 171 Å². The molecule has 2 rings (SSSR count). The monoisotopic (exact) mass is 409 g/mol. The highest BCUT2D eigenvalue weighted by molar-refractivity contribution is 6.31. The molecule has 0 spiro atoms. The van der Waals surface area contributed by atoms with Gasteiger partial charge in [0.1, 0.15) is 11.8 Å². The van der Waals surface area contributed by atoms with E-state index in [0.717, 1.165) is 6.42 Å². The Morgan fingerprint density at radius 3 is 2.54 bits per heavy atom. The number of rotatable bonds is 7. The van der Waals surface area contributed by atoms with Gasteiger partial charge in [-0.15, -0.1) is 0 Å². The van der Waals surface area contributed by atoms with Crippen molar-refractivity contribution < 1.29 is 19.1 Å². The lowest BCUT2D eigenvalue weighted by atomic mass is 10.1. The van der Waals surface area contributed by atoms with E-state index in [2.05, 4.69) is 0 Å². The first-order valence-electron chi connectivity index (χ1n) is 9.51. The van der Waals surface area contributed by atoms with Gasteiger partial charge in [0, 0.05) is 31.7 Å². The van der Waals surface area contributed by atoms with Crippen LogP contribution in [0.5, 0.6) is 5.75 Å². The Bertz CT molecular complexity index is 736. The highest BCUT2D eigenvalue weighted by atomic mass is 35.5. The van der Waals surface area contributed by atoms with Crippen molar-refractivity contribution in [2.45, 2.75) is 32.7 Å². The summed E-state index contributed by atoms with van der Waals surface area (Å²) in [5.41, 5.74) is 0.330. The quantitative estimate of drug-likeness (QED) is 0.692. The van der Waals surface area contributed by atoms with Crippen molar-refractivity contribution >= 4 is 29.3 Å². The Balaban J connectivity index is 2.15. The fourth-order valence-corrected chi connectivity index (χ4v) is 3.65. The summed E-state index contributed by atoms with van der Waals surface area (Å²) in [7, 11) is 3.09. The molecule has 1 saturated heterocycles. The average Bonchev–Trinajstić information content (AvgIpc) is 3.17. The predicted octanol–water partition coefficient (Wildman–Crippen LogP) is 2.28. The van der Waals surface area contributed by atoms with Gasteiger partial charge in [0.05, 0.1) is 19.2 Å². The topological polar surface area (TPSA) is 70.2 Å². The van der Waals surface area contributed by atoms with Crippen LogP contribution in [0.25, 0.3) is 0 Å². The lowest BCUT2D eigenvalue weighted by Crippen LogP contribution is -2.49. The van der Waals surface area contributed by atoms with Crippen LogP contribution in [0.15, 0.2) is 18.2 Å². The fourth-order valence-electron chi connectivity index (χ4n) is 3.48. The molecule has 1 atom stereocenters. The second kappa shape index (κ2) is 9.78. The van der Waals surface area contributed by atoms with E-state index < -0.39 is 6.04 Å². The molecule has 1 aromatic carbocycles. The zero-order valence-electron chi connectivity index (χ0n) is 16.9. The first-order chi connectivity index (χ1) is 13.3. The van der Waals surface area contributed by atoms with Crippen molar-refractivity contribution in [1.29, 1.82) is 0 Å². The zero-order valence-corrected chi connectivity index (χ0v) is 17.7. The van der Waals surface area contributed by atoms with Crippen LogP contribution < -0.4 is 4.74 Å². The van der Waals surface area contributed by atoms with E-state index in [-0.39, 0.29) is 24.3 Å². The van der Waals surface area contributed by atoms with Gasteiger partial charge in [-0.3, -0.25) is 14.4 Å². The number of hydrogen-bond acceptors (Lipinski definition) is 4. The summed E-state index contributed by atoms with van der Waals surface area (Å²) in [6.45, 7) is 5.47. The van der Waals surface area contributed by atoms with E-state index in [1.807, 2.05) is 13.8 Å². The average molecular weight is 410 g/mol. The highest BCUT2D eigenvalue weighted by Crippen LogP contribution is 2.28. The molecule has 0 unspecified atom stereocenters. The van der Waals surface area contributed by atoms with Crippen LogP contribution >= 0.6 is 11.6 Å². The number of likely N-dealkylation sites (tertiary alicyclic amines) is 1. The summed E-state index contributed by atoms with van der Waals surface area (Å²) in [5.74, 6) is -0.211. The van der Waals surface area contributed by atoms with E-state index >= 15 is 0 Å². The van der Waals surface area contributed by atoms with Gasteiger partial charge in [0.15, 0.2) is 0 Å². The van der Waals surface area contributed by atoms with E-state index in [9.17, 15) is 14.4 Å². The fraction of sp³-hybridized carbons (Fsp3) is 0.550. The number of methoxy groups -OCH3 is 1. The lowest BCUT2D eigenvalue weighted by molar-refractivity contribution is -0.141. The zero-order chi connectivity index (χ0) is 20.8. The Morgan fingerprint density at radius 2 is 1.93 bits per heavy atom. The molecular weight excluding hydrogens is 382 g/mol. The van der Waals surface area contributed by atoms with E-state index in [1.54, 1.807) is 35.0 Å². The smallest absolute Gasteiger partial charge is 0.258 e. The first-order valence-corrected chi connectivity index (χ1v) is 9.89. The van der Waals surface area contributed by atoms with Gasteiger partial charge < -0.3 is 19.4 Å². The highest BCUT2D eigenvalue weighted by Gasteiger charge is 2.37.